The van der Waals surface area contributed by atoms with Gasteiger partial charge >= 0.3 is 6.18 Å². The van der Waals surface area contributed by atoms with Gasteiger partial charge < -0.3 is 5.11 Å². The van der Waals surface area contributed by atoms with Crippen LogP contribution in [-0.4, -0.2) is 5.11 Å². The zero-order valence-corrected chi connectivity index (χ0v) is 9.96. The summed E-state index contributed by atoms with van der Waals surface area (Å²) in [5, 5.41) is 9.93. The molecular formula is C14H9F5O. The number of hydrogen-bond acceptors (Lipinski definition) is 1. The van der Waals surface area contributed by atoms with E-state index >= 15 is 0 Å². The van der Waals surface area contributed by atoms with Crippen LogP contribution in [0.1, 0.15) is 22.8 Å². The average molecular weight is 288 g/mol. The molecule has 0 heterocycles. The van der Waals surface area contributed by atoms with Crippen LogP contribution < -0.4 is 0 Å². The summed E-state index contributed by atoms with van der Waals surface area (Å²) in [4.78, 5) is 0. The molecule has 1 atom stereocenters. The quantitative estimate of drug-likeness (QED) is 0.826. The third-order valence-electron chi connectivity index (χ3n) is 2.73. The van der Waals surface area contributed by atoms with Crippen LogP contribution in [0.5, 0.6) is 0 Å². The maximum absolute atomic E-state index is 13.0. The van der Waals surface area contributed by atoms with Crippen molar-refractivity contribution in [1.29, 1.82) is 0 Å². The molecule has 0 amide bonds. The fourth-order valence-corrected chi connectivity index (χ4v) is 1.81. The first-order chi connectivity index (χ1) is 9.27. The van der Waals surface area contributed by atoms with Crippen molar-refractivity contribution < 1.29 is 27.1 Å². The van der Waals surface area contributed by atoms with Crippen molar-refractivity contribution in [3.63, 3.8) is 0 Å². The molecule has 0 saturated carbocycles. The molecule has 2 aromatic rings. The predicted octanol–water partition coefficient (Wildman–Crippen LogP) is 4.07. The molecular weight excluding hydrogens is 279 g/mol. The van der Waals surface area contributed by atoms with E-state index in [1.165, 1.54) is 6.07 Å². The van der Waals surface area contributed by atoms with E-state index in [2.05, 4.69) is 0 Å². The molecule has 0 aliphatic carbocycles. The molecule has 6 heteroatoms. The topological polar surface area (TPSA) is 20.2 Å². The first-order valence-corrected chi connectivity index (χ1v) is 5.58. The molecule has 0 bridgehead atoms. The molecule has 1 N–H and O–H groups in total. The van der Waals surface area contributed by atoms with Crippen molar-refractivity contribution in [2.24, 2.45) is 0 Å². The van der Waals surface area contributed by atoms with Crippen molar-refractivity contribution in [2.75, 3.05) is 0 Å². The SMILES string of the molecule is OC(c1cc(F)cc(F)c1)c1cccc(C(F)(F)F)c1. The second-order valence-corrected chi connectivity index (χ2v) is 4.23. The number of hydrogen-bond donors (Lipinski definition) is 1. The van der Waals surface area contributed by atoms with E-state index in [0.29, 0.717) is 6.07 Å². The second-order valence-electron chi connectivity index (χ2n) is 4.23. The molecule has 2 aromatic carbocycles. The van der Waals surface area contributed by atoms with Crippen LogP contribution in [0, 0.1) is 11.6 Å². The highest BCUT2D eigenvalue weighted by Crippen LogP contribution is 2.32. The summed E-state index contributed by atoms with van der Waals surface area (Å²) in [5.41, 5.74) is -1.18. The summed E-state index contributed by atoms with van der Waals surface area (Å²) in [5.74, 6) is -1.82. The van der Waals surface area contributed by atoms with Gasteiger partial charge in [-0.3, -0.25) is 0 Å². The predicted molar refractivity (Wildman–Crippen MR) is 61.9 cm³/mol. The van der Waals surface area contributed by atoms with Gasteiger partial charge in [0.25, 0.3) is 0 Å². The summed E-state index contributed by atoms with van der Waals surface area (Å²) in [6.45, 7) is 0. The van der Waals surface area contributed by atoms with Crippen LogP contribution in [0.3, 0.4) is 0 Å². The van der Waals surface area contributed by atoms with E-state index < -0.39 is 29.5 Å². The Kier molecular flexibility index (Phi) is 3.76. The standard InChI is InChI=1S/C14H9F5O/c15-11-5-9(6-12(16)7-11)13(20)8-2-1-3-10(4-8)14(17,18)19/h1-7,13,20H. The Morgan fingerprint density at radius 3 is 2.00 bits per heavy atom. The first-order valence-electron chi connectivity index (χ1n) is 5.58. The molecule has 0 spiro atoms. The van der Waals surface area contributed by atoms with Crippen LogP contribution in [-0.2, 0) is 6.18 Å². The lowest BCUT2D eigenvalue weighted by atomic mass is 9.99. The van der Waals surface area contributed by atoms with Gasteiger partial charge in [0.05, 0.1) is 5.56 Å². The molecule has 1 nitrogen and oxygen atoms in total. The first kappa shape index (κ1) is 14.5. The van der Waals surface area contributed by atoms with E-state index in [1.807, 2.05) is 0 Å². The highest BCUT2D eigenvalue weighted by Gasteiger charge is 2.31. The van der Waals surface area contributed by atoms with Gasteiger partial charge in [0.15, 0.2) is 0 Å². The molecule has 2 rings (SSSR count). The summed E-state index contributed by atoms with van der Waals surface area (Å²) < 4.78 is 63.8. The Morgan fingerprint density at radius 1 is 0.850 bits per heavy atom. The monoisotopic (exact) mass is 288 g/mol. The third kappa shape index (κ3) is 3.14. The van der Waals surface area contributed by atoms with Crippen LogP contribution in [0.15, 0.2) is 42.5 Å². The number of aliphatic hydroxyl groups is 1. The molecule has 1 unspecified atom stereocenters. The number of halogens is 5. The summed E-state index contributed by atoms with van der Waals surface area (Å²) in [6, 6.07) is 6.32. The van der Waals surface area contributed by atoms with Crippen LogP contribution in [0.2, 0.25) is 0 Å². The maximum Gasteiger partial charge on any atom is 0.416 e. The maximum atomic E-state index is 13.0. The van der Waals surface area contributed by atoms with Crippen molar-refractivity contribution in [3.05, 3.63) is 70.8 Å². The minimum atomic E-state index is -4.55. The van der Waals surface area contributed by atoms with Crippen LogP contribution in [0.25, 0.3) is 0 Å². The van der Waals surface area contributed by atoms with Gasteiger partial charge in [-0.25, -0.2) is 8.78 Å². The molecule has 0 saturated heterocycles. The smallest absolute Gasteiger partial charge is 0.384 e. The van der Waals surface area contributed by atoms with Crippen molar-refractivity contribution >= 4 is 0 Å². The molecule has 0 fully saturated rings. The van der Waals surface area contributed by atoms with Gasteiger partial charge in [-0.15, -0.1) is 0 Å². The summed E-state index contributed by atoms with van der Waals surface area (Å²) in [6.07, 6.45) is -6.09. The van der Waals surface area contributed by atoms with E-state index in [9.17, 15) is 27.1 Å². The molecule has 0 aliphatic heterocycles. The van der Waals surface area contributed by atoms with Gasteiger partial charge in [-0.05, 0) is 35.4 Å². The number of aliphatic hydroxyl groups excluding tert-OH is 1. The van der Waals surface area contributed by atoms with Crippen LogP contribution >= 0.6 is 0 Å². The van der Waals surface area contributed by atoms with E-state index in [0.717, 1.165) is 30.3 Å². The minimum Gasteiger partial charge on any atom is -0.384 e. The van der Waals surface area contributed by atoms with Crippen LogP contribution in [0.4, 0.5) is 22.0 Å². The van der Waals surface area contributed by atoms with Gasteiger partial charge in [0.2, 0.25) is 0 Å². The van der Waals surface area contributed by atoms with Gasteiger partial charge in [0.1, 0.15) is 17.7 Å². The lowest BCUT2D eigenvalue weighted by Gasteiger charge is -2.14. The van der Waals surface area contributed by atoms with Gasteiger partial charge in [-0.2, -0.15) is 13.2 Å². The lowest BCUT2D eigenvalue weighted by Crippen LogP contribution is -2.07. The zero-order chi connectivity index (χ0) is 14.9. The second kappa shape index (κ2) is 5.20. The van der Waals surface area contributed by atoms with Crippen molar-refractivity contribution in [1.82, 2.24) is 0 Å². The molecule has 106 valence electrons. The number of rotatable bonds is 2. The normalized spacial score (nSPS) is 13.3. The fourth-order valence-electron chi connectivity index (χ4n) is 1.81. The molecule has 0 aromatic heterocycles. The Bertz CT molecular complexity index is 601. The summed E-state index contributed by atoms with van der Waals surface area (Å²) >= 11 is 0. The van der Waals surface area contributed by atoms with Gasteiger partial charge in [-0.1, -0.05) is 12.1 Å². The highest BCUT2D eigenvalue weighted by atomic mass is 19.4. The van der Waals surface area contributed by atoms with Gasteiger partial charge in [0, 0.05) is 6.07 Å². The number of alkyl halides is 3. The Morgan fingerprint density at radius 2 is 1.45 bits per heavy atom. The molecule has 0 aliphatic rings. The van der Waals surface area contributed by atoms with Crippen molar-refractivity contribution in [3.8, 4) is 0 Å². The number of benzene rings is 2. The Labute approximate surface area is 111 Å². The van der Waals surface area contributed by atoms with E-state index in [4.69, 9.17) is 0 Å². The summed E-state index contributed by atoms with van der Waals surface area (Å²) in [7, 11) is 0. The third-order valence-corrected chi connectivity index (χ3v) is 2.73. The van der Waals surface area contributed by atoms with E-state index in [1.54, 1.807) is 0 Å². The average Bonchev–Trinajstić information content (AvgIpc) is 2.36. The largest absolute Gasteiger partial charge is 0.416 e. The minimum absolute atomic E-state index is 0.0928. The van der Waals surface area contributed by atoms with Crippen molar-refractivity contribution in [2.45, 2.75) is 12.3 Å². The van der Waals surface area contributed by atoms with E-state index in [-0.39, 0.29) is 11.1 Å². The Hall–Kier alpha value is -1.95. The lowest BCUT2D eigenvalue weighted by molar-refractivity contribution is -0.137. The highest BCUT2D eigenvalue weighted by molar-refractivity contribution is 5.34. The Balaban J connectivity index is 2.40. The fraction of sp³-hybridized carbons (Fsp3) is 0.143. The zero-order valence-electron chi connectivity index (χ0n) is 9.96. The molecule has 0 radical (unpaired) electrons. The molecule has 20 heavy (non-hydrogen) atoms.